The fraction of sp³-hybridized carbons (Fsp3) is 0.525. The van der Waals surface area contributed by atoms with E-state index in [1.54, 1.807) is 13.8 Å². The average molecular weight is 1780 g/mol. The zero-order valence-electron chi connectivity index (χ0n) is 67.9. The van der Waals surface area contributed by atoms with Gasteiger partial charge in [0.15, 0.2) is 29.9 Å². The highest BCUT2D eigenvalue weighted by Crippen LogP contribution is 2.51. The molecule has 123 heavy (non-hydrogen) atoms. The number of nitrogens with zero attached hydrogens (tertiary/aromatic N) is 2. The van der Waals surface area contributed by atoms with Crippen LogP contribution < -0.4 is 67.8 Å². The Morgan fingerprint density at radius 2 is 1.33 bits per heavy atom. The summed E-state index contributed by atoms with van der Waals surface area (Å²) in [5, 5.41) is 145. The molecule has 7 amide bonds. The van der Waals surface area contributed by atoms with Crippen LogP contribution in [0.2, 0.25) is 10.0 Å². The third kappa shape index (κ3) is 22.9. The molecule has 18 atom stereocenters. The van der Waals surface area contributed by atoms with E-state index in [-0.39, 0.29) is 43.0 Å². The minimum absolute atomic E-state index is 0.0229. The third-order valence-electron chi connectivity index (χ3n) is 22.0. The molecule has 0 saturated carbocycles. The predicted octanol–water partition coefficient (Wildman–Crippen LogP) is 3.09. The Bertz CT molecular complexity index is 4750. The quantitative estimate of drug-likeness (QED) is 0.0131. The Balaban J connectivity index is 1.18. The number of likely N-dealkylation sites (N-methyl/N-ethyl adjacent to an activating group) is 1. The average Bonchev–Trinajstić information content (AvgIpc) is 0.768. The SMILES string of the molecule is CCCCCCCCCCNCCN(N=O)[C@@]1(C)C[C@H](O[C@H]2[C@H](Oc3c4cc5cc3Oc3ccc(cc3Cl)[C@@H](O)[C@@H](NC(=O)[C@@H](CC(C)C)NC)C(=O)N[C@@H](CC(N)=O)C(=O)N[C@H]5C(=O)N[C@H]3C(=O)N[C@H](C(=O)N[C@H](C(=O)O)c5cc(O)c(CNCP(=O)(O)O)c(O)c5-c5cc3ccc5O)[C@H](O)c3ccc(c(Cl)c3)O4)O[C@H](CO)[C@@H](O)[C@@H]2O)O[C@@H](C)[C@H]1O. The van der Waals surface area contributed by atoms with Gasteiger partial charge in [0.1, 0.15) is 95.6 Å². The molecule has 0 aromatic heterocycles. The molecule has 2 saturated heterocycles. The number of carbonyl (C=O) groups is 8. The number of amides is 7. The molecule has 672 valence electrons. The number of benzene rings is 5. The standard InChI is InChI=1S/C80H105Cl2N12O28P/c1-7-8-9-10-11-12-13-14-21-85-22-23-94(93-113)80(5)32-57(117-37(4)71(80)104)121-70-68(103)67(102)55(34-95)120-79(70)122-69-53-28-41-29-54(69)119-52-20-17-40(27-46(52)82)65(100)63-77(110)90-61(78(111)112)43-30-50(97)44(33-86-35-123(114,115)116)66(101)58(43)42-25-38(15-18-49(42)96)59(74(107)92-63)89-75(108)60(41)88-73(106)48(31-56(83)98)87-76(109)62(91-72(105)47(84-6)24-36(2)3)64(99)39-16-19-51(118-53)45(81)26-39/h15-20,25-30,36-37,47-48,55,57,59-65,67-68,70-71,79,84-86,95-97,99-104H,7-14,21-24,31-35H2,1-6H3,(H2,83,98)(H,87,109)(H,88,106)(H,89,108)(H,90,110)(H,91,105)(H,92,107)(H,111,112)(H2,114,115,116)/t37-,47+,48-,55+,57-,59+,60+,61-,62+,63-,64+,65+,67+,68-,70+,71+,79-,80-/m0/s1. The molecule has 7 aliphatic heterocycles. The number of halogens is 2. The van der Waals surface area contributed by atoms with E-state index in [4.69, 9.17) is 57.4 Å². The second-order valence-corrected chi connectivity index (χ2v) is 34.0. The molecule has 40 nitrogen and oxygen atoms in total. The Morgan fingerprint density at radius 3 is 1.93 bits per heavy atom. The fourth-order valence-corrected chi connectivity index (χ4v) is 16.2. The number of fused-ring (bicyclic) bond motifs is 15. The number of hydrogen-bond acceptors (Lipinski definition) is 29. The summed E-state index contributed by atoms with van der Waals surface area (Å²) in [6, 6.07) is -2.78. The highest BCUT2D eigenvalue weighted by Gasteiger charge is 2.54. The van der Waals surface area contributed by atoms with Crippen LogP contribution in [0.5, 0.6) is 46.0 Å². The van der Waals surface area contributed by atoms with Gasteiger partial charge < -0.3 is 143 Å². The van der Waals surface area contributed by atoms with Crippen LogP contribution in [0.25, 0.3) is 11.1 Å². The number of rotatable bonds is 31. The molecule has 7 aliphatic rings. The van der Waals surface area contributed by atoms with Crippen LogP contribution in [-0.2, 0) is 63.7 Å². The number of aromatic hydroxyl groups is 3. The van der Waals surface area contributed by atoms with Crippen molar-refractivity contribution in [1.29, 1.82) is 0 Å². The van der Waals surface area contributed by atoms with Crippen LogP contribution in [0.15, 0.2) is 78.1 Å². The summed E-state index contributed by atoms with van der Waals surface area (Å²) in [7, 11) is -3.40. The van der Waals surface area contributed by atoms with Gasteiger partial charge in [-0.3, -0.25) is 43.1 Å². The van der Waals surface area contributed by atoms with Crippen LogP contribution in [0.4, 0.5) is 0 Å². The monoisotopic (exact) mass is 1780 g/mol. The summed E-state index contributed by atoms with van der Waals surface area (Å²) in [4.78, 5) is 151. The number of nitroso groups, excluding NO2 is 1. The first kappa shape index (κ1) is 95.5. The van der Waals surface area contributed by atoms with Gasteiger partial charge in [-0.05, 0) is 123 Å². The largest absolute Gasteiger partial charge is 0.507 e. The molecule has 12 rings (SSSR count). The lowest BCUT2D eigenvalue weighted by molar-refractivity contribution is -0.338. The number of carboxylic acids is 1. The van der Waals surface area contributed by atoms with Gasteiger partial charge in [-0.1, -0.05) is 107 Å². The Morgan fingerprint density at radius 1 is 0.724 bits per heavy atom. The maximum Gasteiger partial charge on any atom is 0.339 e. The third-order valence-corrected chi connectivity index (χ3v) is 23.2. The normalized spacial score (nSPS) is 26.4. The number of aliphatic hydroxyl groups excluding tert-OH is 6. The lowest BCUT2D eigenvalue weighted by Gasteiger charge is -2.50. The number of aliphatic carboxylic acids is 1. The van der Waals surface area contributed by atoms with E-state index in [1.807, 2.05) is 0 Å². The first-order chi connectivity index (χ1) is 58.3. The number of hydrogen-bond donors (Lipinski definition) is 22. The van der Waals surface area contributed by atoms with Gasteiger partial charge in [0.05, 0.1) is 64.4 Å². The number of carbonyl (C=O) groups excluding carboxylic acids is 7. The molecule has 2 fully saturated rings. The van der Waals surface area contributed by atoms with Crippen molar-refractivity contribution in [3.05, 3.63) is 121 Å². The van der Waals surface area contributed by atoms with E-state index in [0.29, 0.717) is 6.54 Å². The molecular weight excluding hydrogens is 1680 g/mol. The molecule has 0 spiro atoms. The highest BCUT2D eigenvalue weighted by molar-refractivity contribution is 7.51. The number of nitrogens with two attached hydrogens (primary N) is 1. The topological polar surface area (TPSA) is 619 Å². The van der Waals surface area contributed by atoms with Crippen molar-refractivity contribution in [2.24, 2.45) is 16.9 Å². The summed E-state index contributed by atoms with van der Waals surface area (Å²) in [6.45, 7) is 7.79. The van der Waals surface area contributed by atoms with E-state index < -0.39 is 279 Å². The van der Waals surface area contributed by atoms with Crippen molar-refractivity contribution in [3.63, 3.8) is 0 Å². The van der Waals surface area contributed by atoms with Gasteiger partial charge in [0.2, 0.25) is 53.4 Å². The molecule has 0 radical (unpaired) electrons. The Kier molecular flexibility index (Phi) is 32.5. The predicted molar refractivity (Wildman–Crippen MR) is 437 cm³/mol. The van der Waals surface area contributed by atoms with E-state index >= 15 is 24.0 Å². The first-order valence-electron chi connectivity index (χ1n) is 40.1. The maximum atomic E-state index is 16.4. The molecule has 43 heteroatoms. The number of unbranched alkanes of at least 4 members (excludes halogenated alkanes) is 7. The van der Waals surface area contributed by atoms with Gasteiger partial charge in [0, 0.05) is 36.2 Å². The van der Waals surface area contributed by atoms with Crippen molar-refractivity contribution >= 4 is 78.1 Å². The maximum absolute atomic E-state index is 16.4. The molecular formula is C80H105Cl2N12O28P. The van der Waals surface area contributed by atoms with E-state index in [0.717, 1.165) is 110 Å². The van der Waals surface area contributed by atoms with Gasteiger partial charge in [-0.2, -0.15) is 0 Å². The summed E-state index contributed by atoms with van der Waals surface area (Å²) in [5.74, 6) is -17.5. The van der Waals surface area contributed by atoms with Gasteiger partial charge in [0.25, 0.3) is 0 Å². The smallest absolute Gasteiger partial charge is 0.339 e. The number of ether oxygens (including phenoxy) is 6. The van der Waals surface area contributed by atoms with Crippen molar-refractivity contribution < 1.29 is 132 Å². The van der Waals surface area contributed by atoms with Crippen LogP contribution in [0.1, 0.15) is 169 Å². The second kappa shape index (κ2) is 41.9. The van der Waals surface area contributed by atoms with Crippen molar-refractivity contribution in [2.75, 3.05) is 39.6 Å². The van der Waals surface area contributed by atoms with Crippen LogP contribution >= 0.6 is 30.8 Å². The molecule has 7 heterocycles. The zero-order valence-corrected chi connectivity index (χ0v) is 70.3. The summed E-state index contributed by atoms with van der Waals surface area (Å²) in [6.07, 6.45) is -12.4. The molecule has 11 bridgehead atoms. The molecule has 0 aliphatic carbocycles. The fourth-order valence-electron chi connectivity index (χ4n) is 15.4. The van der Waals surface area contributed by atoms with Gasteiger partial charge in [-0.15, -0.1) is 4.91 Å². The number of carboxylic acid groups (broad SMARTS) is 1. The Hall–Kier alpha value is -9.69. The highest BCUT2D eigenvalue weighted by atomic mass is 35.5. The van der Waals surface area contributed by atoms with E-state index in [1.165, 1.54) is 39.8 Å². The summed E-state index contributed by atoms with van der Waals surface area (Å²) >= 11 is 14.3. The summed E-state index contributed by atoms with van der Waals surface area (Å²) in [5.41, 5.74) is -0.0273. The van der Waals surface area contributed by atoms with Crippen LogP contribution in [-0.4, -0.2) is 232 Å². The lowest BCUT2D eigenvalue weighted by Crippen LogP contribution is -2.65. The summed E-state index contributed by atoms with van der Waals surface area (Å²) < 4.78 is 51.3. The number of phenols is 3. The van der Waals surface area contributed by atoms with E-state index in [2.05, 4.69) is 60.1 Å². The minimum Gasteiger partial charge on any atom is -0.507 e. The van der Waals surface area contributed by atoms with Crippen molar-refractivity contribution in [3.8, 4) is 57.1 Å². The van der Waals surface area contributed by atoms with Gasteiger partial charge >= 0.3 is 13.6 Å². The molecule has 5 aromatic rings. The van der Waals surface area contributed by atoms with E-state index in [9.17, 15) is 84.7 Å². The van der Waals surface area contributed by atoms with Crippen LogP contribution in [0, 0.1) is 10.8 Å². The number of nitrogens with one attached hydrogen (secondary N) is 9. The zero-order chi connectivity index (χ0) is 89.8. The number of primary amides is 1. The molecule has 23 N–H and O–H groups in total. The number of phenolic OH excluding ortho intramolecular Hbond substituents is 3. The van der Waals surface area contributed by atoms with Gasteiger partial charge in [-0.25, -0.2) is 4.79 Å². The second-order valence-electron chi connectivity index (χ2n) is 31.5. The molecule has 5 aromatic carbocycles. The Labute approximate surface area is 715 Å². The van der Waals surface area contributed by atoms with Crippen molar-refractivity contribution in [1.82, 2.24) is 52.9 Å². The molecule has 0 unspecified atom stereocenters. The minimum atomic E-state index is -4.86. The van der Waals surface area contributed by atoms with Crippen molar-refractivity contribution in [2.45, 2.75) is 221 Å². The van der Waals surface area contributed by atoms with Crippen LogP contribution in [0.3, 0.4) is 0 Å². The lowest BCUT2D eigenvalue weighted by atomic mass is 9.84. The first-order valence-corrected chi connectivity index (χ1v) is 42.6. The number of aliphatic hydroxyl groups is 6.